The van der Waals surface area contributed by atoms with E-state index in [-0.39, 0.29) is 0 Å². The Morgan fingerprint density at radius 3 is 2.72 bits per heavy atom. The zero-order valence-electron chi connectivity index (χ0n) is 11.5. The normalized spacial score (nSPS) is 16.6. The predicted molar refractivity (Wildman–Crippen MR) is 75.0 cm³/mol. The van der Waals surface area contributed by atoms with Crippen molar-refractivity contribution in [1.29, 1.82) is 0 Å². The van der Waals surface area contributed by atoms with Gasteiger partial charge in [0.15, 0.2) is 0 Å². The maximum Gasteiger partial charge on any atom is 0.121 e. The molecule has 3 nitrogen and oxygen atoms in total. The van der Waals surface area contributed by atoms with Gasteiger partial charge in [-0.2, -0.15) is 0 Å². The minimum Gasteiger partial charge on any atom is -0.496 e. The lowest BCUT2D eigenvalue weighted by Gasteiger charge is -2.13. The van der Waals surface area contributed by atoms with Gasteiger partial charge in [-0.05, 0) is 61.9 Å². The first-order chi connectivity index (χ1) is 8.69. The van der Waals surface area contributed by atoms with Crippen molar-refractivity contribution in [1.82, 2.24) is 5.32 Å². The molecule has 3 heteroatoms. The van der Waals surface area contributed by atoms with E-state index in [0.717, 1.165) is 31.8 Å². The summed E-state index contributed by atoms with van der Waals surface area (Å²) in [5, 5.41) is 3.52. The lowest BCUT2D eigenvalue weighted by Crippen LogP contribution is -2.30. The molecule has 0 radical (unpaired) electrons. The maximum absolute atomic E-state index is 5.76. The summed E-state index contributed by atoms with van der Waals surface area (Å²) >= 11 is 0. The second kappa shape index (κ2) is 5.72. The molecule has 0 spiro atoms. The van der Waals surface area contributed by atoms with Crippen LogP contribution in [0.1, 0.15) is 24.0 Å². The van der Waals surface area contributed by atoms with Crippen LogP contribution in [0.25, 0.3) is 0 Å². The van der Waals surface area contributed by atoms with Crippen LogP contribution in [-0.4, -0.2) is 26.7 Å². The molecule has 1 aromatic carbocycles. The van der Waals surface area contributed by atoms with E-state index in [0.29, 0.717) is 5.41 Å². The molecule has 3 N–H and O–H groups in total. The van der Waals surface area contributed by atoms with Crippen LogP contribution >= 0.6 is 0 Å². The number of methoxy groups -OCH3 is 1. The Kier molecular flexibility index (Phi) is 4.25. The van der Waals surface area contributed by atoms with E-state index in [1.54, 1.807) is 7.11 Å². The summed E-state index contributed by atoms with van der Waals surface area (Å²) in [6.07, 6.45) is 3.64. The van der Waals surface area contributed by atoms with Gasteiger partial charge in [0.25, 0.3) is 0 Å². The highest BCUT2D eigenvalue weighted by molar-refractivity contribution is 5.36. The monoisotopic (exact) mass is 248 g/mol. The van der Waals surface area contributed by atoms with Gasteiger partial charge in [-0.25, -0.2) is 0 Å². The Bertz CT molecular complexity index is 399. The fraction of sp³-hybridized carbons (Fsp3) is 0.600. The topological polar surface area (TPSA) is 47.3 Å². The molecule has 0 unspecified atom stereocenters. The molecule has 1 aliphatic rings. The van der Waals surface area contributed by atoms with Gasteiger partial charge in [-0.15, -0.1) is 0 Å². The number of hydrogen-bond donors (Lipinski definition) is 2. The molecule has 0 aliphatic heterocycles. The van der Waals surface area contributed by atoms with Crippen molar-refractivity contribution < 1.29 is 4.74 Å². The molecular formula is C15H24N2O. The molecule has 1 aromatic rings. The molecule has 0 saturated heterocycles. The minimum atomic E-state index is 0.426. The highest BCUT2D eigenvalue weighted by Gasteiger charge is 2.40. The van der Waals surface area contributed by atoms with Crippen molar-refractivity contribution in [2.24, 2.45) is 11.1 Å². The number of benzene rings is 1. The number of nitrogens with two attached hydrogens (primary N) is 1. The molecule has 0 heterocycles. The van der Waals surface area contributed by atoms with E-state index in [1.165, 1.54) is 24.0 Å². The Hall–Kier alpha value is -1.06. The van der Waals surface area contributed by atoms with E-state index < -0.39 is 0 Å². The number of nitrogens with one attached hydrogen (secondary N) is 1. The molecule has 0 amide bonds. The first kappa shape index (κ1) is 13.4. The van der Waals surface area contributed by atoms with Crippen LogP contribution in [0, 0.1) is 12.3 Å². The number of hydrogen-bond acceptors (Lipinski definition) is 3. The zero-order valence-corrected chi connectivity index (χ0v) is 11.5. The van der Waals surface area contributed by atoms with Gasteiger partial charge in [0.1, 0.15) is 5.75 Å². The van der Waals surface area contributed by atoms with Gasteiger partial charge < -0.3 is 15.8 Å². The van der Waals surface area contributed by atoms with Gasteiger partial charge in [0.2, 0.25) is 0 Å². The average molecular weight is 248 g/mol. The maximum atomic E-state index is 5.76. The van der Waals surface area contributed by atoms with Gasteiger partial charge in [0, 0.05) is 6.54 Å². The summed E-state index contributed by atoms with van der Waals surface area (Å²) in [5.74, 6) is 0.965. The Balaban J connectivity index is 1.75. The third-order valence-electron chi connectivity index (χ3n) is 3.94. The Labute approximate surface area is 110 Å². The van der Waals surface area contributed by atoms with Crippen LogP contribution in [-0.2, 0) is 6.42 Å². The third kappa shape index (κ3) is 3.24. The molecule has 100 valence electrons. The van der Waals surface area contributed by atoms with Gasteiger partial charge in [-0.3, -0.25) is 0 Å². The molecule has 0 atom stereocenters. The standard InChI is InChI=1S/C15H24N2O/c1-12-9-13(3-4-14(12)18-2)5-8-17-11-15(10-16)6-7-15/h3-4,9,17H,5-8,10-11,16H2,1-2H3. The fourth-order valence-electron chi connectivity index (χ4n) is 2.31. The number of aryl methyl sites for hydroxylation is 1. The molecular weight excluding hydrogens is 224 g/mol. The van der Waals surface area contributed by atoms with Crippen molar-refractivity contribution >= 4 is 0 Å². The molecule has 0 aromatic heterocycles. The summed E-state index contributed by atoms with van der Waals surface area (Å²) in [6.45, 7) is 5.00. The zero-order chi connectivity index (χ0) is 13.0. The van der Waals surface area contributed by atoms with Gasteiger partial charge >= 0.3 is 0 Å². The number of rotatable bonds is 7. The van der Waals surface area contributed by atoms with Crippen molar-refractivity contribution in [2.75, 3.05) is 26.7 Å². The van der Waals surface area contributed by atoms with Crippen molar-refractivity contribution in [3.8, 4) is 5.75 Å². The predicted octanol–water partition coefficient (Wildman–Crippen LogP) is 1.87. The summed E-state index contributed by atoms with van der Waals surface area (Å²) in [4.78, 5) is 0. The van der Waals surface area contributed by atoms with E-state index in [1.807, 2.05) is 6.07 Å². The largest absolute Gasteiger partial charge is 0.496 e. The van der Waals surface area contributed by atoms with E-state index in [2.05, 4.69) is 24.4 Å². The second-order valence-corrected chi connectivity index (χ2v) is 5.43. The SMILES string of the molecule is COc1ccc(CCNCC2(CN)CC2)cc1C. The van der Waals surface area contributed by atoms with Gasteiger partial charge in [-0.1, -0.05) is 12.1 Å². The minimum absolute atomic E-state index is 0.426. The summed E-state index contributed by atoms with van der Waals surface area (Å²) in [5.41, 5.74) is 8.75. The molecule has 0 bridgehead atoms. The first-order valence-electron chi connectivity index (χ1n) is 6.73. The summed E-state index contributed by atoms with van der Waals surface area (Å²) in [6, 6.07) is 6.40. The fourth-order valence-corrected chi connectivity index (χ4v) is 2.31. The lowest BCUT2D eigenvalue weighted by molar-refractivity contribution is 0.411. The van der Waals surface area contributed by atoms with Crippen molar-refractivity contribution in [3.05, 3.63) is 29.3 Å². The number of ether oxygens (including phenoxy) is 1. The third-order valence-corrected chi connectivity index (χ3v) is 3.94. The summed E-state index contributed by atoms with van der Waals surface area (Å²) < 4.78 is 5.26. The average Bonchev–Trinajstić information content (AvgIpc) is 3.16. The highest BCUT2D eigenvalue weighted by Crippen LogP contribution is 2.43. The Morgan fingerprint density at radius 1 is 1.39 bits per heavy atom. The molecule has 1 saturated carbocycles. The van der Waals surface area contributed by atoms with E-state index in [9.17, 15) is 0 Å². The van der Waals surface area contributed by atoms with Crippen LogP contribution in [0.2, 0.25) is 0 Å². The molecule has 2 rings (SSSR count). The summed E-state index contributed by atoms with van der Waals surface area (Å²) in [7, 11) is 1.71. The van der Waals surface area contributed by atoms with Crippen LogP contribution in [0.4, 0.5) is 0 Å². The smallest absolute Gasteiger partial charge is 0.121 e. The van der Waals surface area contributed by atoms with E-state index in [4.69, 9.17) is 10.5 Å². The Morgan fingerprint density at radius 2 is 2.17 bits per heavy atom. The second-order valence-electron chi connectivity index (χ2n) is 5.43. The van der Waals surface area contributed by atoms with Crippen LogP contribution in [0.5, 0.6) is 5.75 Å². The van der Waals surface area contributed by atoms with E-state index >= 15 is 0 Å². The molecule has 1 fully saturated rings. The molecule has 18 heavy (non-hydrogen) atoms. The van der Waals surface area contributed by atoms with Crippen LogP contribution in [0.3, 0.4) is 0 Å². The van der Waals surface area contributed by atoms with Gasteiger partial charge in [0.05, 0.1) is 7.11 Å². The highest BCUT2D eigenvalue weighted by atomic mass is 16.5. The van der Waals surface area contributed by atoms with Crippen molar-refractivity contribution in [2.45, 2.75) is 26.2 Å². The molecule has 1 aliphatic carbocycles. The lowest BCUT2D eigenvalue weighted by atomic mass is 10.1. The van der Waals surface area contributed by atoms with Crippen LogP contribution < -0.4 is 15.8 Å². The van der Waals surface area contributed by atoms with Crippen LogP contribution in [0.15, 0.2) is 18.2 Å². The quantitative estimate of drug-likeness (QED) is 0.724. The first-order valence-corrected chi connectivity index (χ1v) is 6.73. The van der Waals surface area contributed by atoms with Crippen molar-refractivity contribution in [3.63, 3.8) is 0 Å².